The Morgan fingerprint density at radius 1 is 0.933 bits per heavy atom. The molecule has 9 nitrogen and oxygen atoms in total. The second-order valence-corrected chi connectivity index (χ2v) is 7.32. The van der Waals surface area contributed by atoms with Crippen LogP contribution in [0.25, 0.3) is 0 Å². The van der Waals surface area contributed by atoms with Crippen LogP contribution in [0, 0.1) is 20.8 Å². The Kier molecular flexibility index (Phi) is 5.51. The first kappa shape index (κ1) is 19.7. The van der Waals surface area contributed by atoms with E-state index < -0.39 is 0 Å². The van der Waals surface area contributed by atoms with Crippen molar-refractivity contribution in [2.45, 2.75) is 20.8 Å². The number of rotatable bonds is 4. The van der Waals surface area contributed by atoms with E-state index in [1.807, 2.05) is 39.0 Å². The Hall–Kier alpha value is -3.62. The molecule has 1 aliphatic rings. The minimum atomic E-state index is -0.0890. The highest BCUT2D eigenvalue weighted by atomic mass is 16.2. The number of nitrogens with one attached hydrogen (secondary N) is 1. The van der Waals surface area contributed by atoms with E-state index in [-0.39, 0.29) is 5.91 Å². The van der Waals surface area contributed by atoms with Gasteiger partial charge in [-0.05, 0) is 38.5 Å². The van der Waals surface area contributed by atoms with Gasteiger partial charge in [-0.25, -0.2) is 19.9 Å². The van der Waals surface area contributed by atoms with E-state index in [1.165, 1.54) is 6.20 Å². The molecule has 1 N–H and O–H groups in total. The van der Waals surface area contributed by atoms with Crippen molar-refractivity contribution >= 4 is 23.4 Å². The lowest BCUT2D eigenvalue weighted by Gasteiger charge is -2.35. The first-order valence-corrected chi connectivity index (χ1v) is 9.86. The van der Waals surface area contributed by atoms with Gasteiger partial charge in [0.05, 0.1) is 11.9 Å². The zero-order chi connectivity index (χ0) is 21.1. The Labute approximate surface area is 175 Å². The molecule has 0 aliphatic carbocycles. The topological polar surface area (TPSA) is 100 Å². The zero-order valence-corrected chi connectivity index (χ0v) is 17.3. The highest BCUT2D eigenvalue weighted by Gasteiger charge is 2.24. The maximum Gasteiger partial charge on any atom is 0.274 e. The first-order chi connectivity index (χ1) is 14.5. The van der Waals surface area contributed by atoms with Gasteiger partial charge in [-0.15, -0.1) is 0 Å². The summed E-state index contributed by atoms with van der Waals surface area (Å²) in [5, 5.41) is 3.25. The van der Waals surface area contributed by atoms with E-state index in [1.54, 1.807) is 17.3 Å². The molecule has 154 valence electrons. The third kappa shape index (κ3) is 4.51. The number of pyridine rings is 1. The molecule has 0 bridgehead atoms. The van der Waals surface area contributed by atoms with E-state index in [0.29, 0.717) is 43.5 Å². The monoisotopic (exact) mass is 404 g/mol. The number of aromatic nitrogens is 5. The lowest BCUT2D eigenvalue weighted by Crippen LogP contribution is -2.49. The van der Waals surface area contributed by atoms with E-state index >= 15 is 0 Å². The second kappa shape index (κ2) is 8.40. The van der Waals surface area contributed by atoms with Crippen molar-refractivity contribution in [3.8, 4) is 0 Å². The Balaban J connectivity index is 1.43. The molecule has 1 saturated heterocycles. The van der Waals surface area contributed by atoms with Crippen molar-refractivity contribution in [2.24, 2.45) is 0 Å². The number of hydrogen-bond donors (Lipinski definition) is 1. The van der Waals surface area contributed by atoms with Gasteiger partial charge in [-0.1, -0.05) is 0 Å². The predicted octanol–water partition coefficient (Wildman–Crippen LogP) is 2.29. The molecule has 1 aliphatic heterocycles. The number of nitrogens with zero attached hydrogens (tertiary/aromatic N) is 7. The fraction of sp³-hybridized carbons (Fsp3) is 0.333. The smallest absolute Gasteiger partial charge is 0.274 e. The zero-order valence-electron chi connectivity index (χ0n) is 17.3. The van der Waals surface area contributed by atoms with Crippen LogP contribution in [0.1, 0.15) is 27.6 Å². The fourth-order valence-electron chi connectivity index (χ4n) is 3.32. The summed E-state index contributed by atoms with van der Waals surface area (Å²) < 4.78 is 0. The maximum absolute atomic E-state index is 12.7. The molecule has 0 atom stereocenters. The average molecular weight is 404 g/mol. The molecule has 3 aromatic rings. The van der Waals surface area contributed by atoms with Gasteiger partial charge >= 0.3 is 0 Å². The standard InChI is InChI=1S/C21H24N8O/c1-14-4-5-22-18(10-14)27-19-11-20(26-16(3)25-19)28-6-8-29(9-7-28)21(30)17-13-23-15(2)12-24-17/h4-5,10-13H,6-9H2,1-3H3,(H,22,25,26,27). The van der Waals surface area contributed by atoms with Crippen LogP contribution in [0.3, 0.4) is 0 Å². The van der Waals surface area contributed by atoms with Crippen LogP contribution in [0.5, 0.6) is 0 Å². The van der Waals surface area contributed by atoms with E-state index in [4.69, 9.17) is 0 Å². The van der Waals surface area contributed by atoms with Gasteiger partial charge in [0.1, 0.15) is 29.0 Å². The van der Waals surface area contributed by atoms with Crippen LogP contribution in [0.4, 0.5) is 17.5 Å². The lowest BCUT2D eigenvalue weighted by atomic mass is 10.2. The lowest BCUT2D eigenvalue weighted by molar-refractivity contribution is 0.0740. The Bertz CT molecular complexity index is 1050. The van der Waals surface area contributed by atoms with Crippen LogP contribution in [-0.2, 0) is 0 Å². The van der Waals surface area contributed by atoms with Crippen molar-refractivity contribution in [1.82, 2.24) is 29.8 Å². The van der Waals surface area contributed by atoms with Crippen molar-refractivity contribution < 1.29 is 4.79 Å². The van der Waals surface area contributed by atoms with Gasteiger partial charge < -0.3 is 15.1 Å². The number of aryl methyl sites for hydroxylation is 3. The van der Waals surface area contributed by atoms with Crippen LogP contribution >= 0.6 is 0 Å². The molecule has 1 fully saturated rings. The van der Waals surface area contributed by atoms with Crippen molar-refractivity contribution in [2.75, 3.05) is 36.4 Å². The van der Waals surface area contributed by atoms with Crippen LogP contribution < -0.4 is 10.2 Å². The Morgan fingerprint density at radius 3 is 2.43 bits per heavy atom. The minimum absolute atomic E-state index is 0.0890. The van der Waals surface area contributed by atoms with Crippen molar-refractivity contribution in [1.29, 1.82) is 0 Å². The van der Waals surface area contributed by atoms with E-state index in [9.17, 15) is 4.79 Å². The molecule has 4 heterocycles. The van der Waals surface area contributed by atoms with Gasteiger partial charge in [0.25, 0.3) is 5.91 Å². The van der Waals surface area contributed by atoms with Crippen LogP contribution in [-0.4, -0.2) is 61.9 Å². The highest BCUT2D eigenvalue weighted by Crippen LogP contribution is 2.21. The number of carbonyl (C=O) groups is 1. The number of hydrogen-bond acceptors (Lipinski definition) is 8. The summed E-state index contributed by atoms with van der Waals surface area (Å²) >= 11 is 0. The SMILES string of the molecule is Cc1ccnc(Nc2cc(N3CCN(C(=O)c4cnc(C)cn4)CC3)nc(C)n2)c1. The van der Waals surface area contributed by atoms with E-state index in [2.05, 4.69) is 35.1 Å². The molecule has 1 amide bonds. The second-order valence-electron chi connectivity index (χ2n) is 7.32. The normalized spacial score (nSPS) is 14.0. The molecular weight excluding hydrogens is 380 g/mol. The molecule has 3 aromatic heterocycles. The summed E-state index contributed by atoms with van der Waals surface area (Å²) in [6, 6.07) is 5.83. The third-order valence-corrected chi connectivity index (χ3v) is 4.89. The van der Waals surface area contributed by atoms with Crippen LogP contribution in [0.15, 0.2) is 36.8 Å². The summed E-state index contributed by atoms with van der Waals surface area (Å²) in [5.74, 6) is 2.86. The molecule has 0 unspecified atom stereocenters. The minimum Gasteiger partial charge on any atom is -0.353 e. The Morgan fingerprint density at radius 2 is 1.73 bits per heavy atom. The van der Waals surface area contributed by atoms with Gasteiger partial charge in [-0.2, -0.15) is 0 Å². The third-order valence-electron chi connectivity index (χ3n) is 4.89. The molecule has 0 spiro atoms. The van der Waals surface area contributed by atoms with Crippen molar-refractivity contribution in [3.05, 3.63) is 59.6 Å². The molecular formula is C21H24N8O. The summed E-state index contributed by atoms with van der Waals surface area (Å²) in [6.07, 6.45) is 4.92. The first-order valence-electron chi connectivity index (χ1n) is 9.86. The van der Waals surface area contributed by atoms with Gasteiger partial charge in [0, 0.05) is 44.6 Å². The van der Waals surface area contributed by atoms with Gasteiger partial charge in [0.2, 0.25) is 0 Å². The molecule has 9 heteroatoms. The number of amides is 1. The number of anilines is 3. The summed E-state index contributed by atoms with van der Waals surface area (Å²) in [7, 11) is 0. The van der Waals surface area contributed by atoms with Gasteiger partial charge in [-0.3, -0.25) is 9.78 Å². The average Bonchev–Trinajstić information content (AvgIpc) is 2.73. The molecule has 0 radical (unpaired) electrons. The number of piperazine rings is 1. The molecule has 0 aromatic carbocycles. The quantitative estimate of drug-likeness (QED) is 0.707. The highest BCUT2D eigenvalue weighted by molar-refractivity contribution is 5.92. The summed E-state index contributed by atoms with van der Waals surface area (Å²) in [6.45, 7) is 8.30. The van der Waals surface area contributed by atoms with Crippen molar-refractivity contribution in [3.63, 3.8) is 0 Å². The summed E-state index contributed by atoms with van der Waals surface area (Å²) in [5.41, 5.74) is 2.29. The molecule has 4 rings (SSSR count). The maximum atomic E-state index is 12.7. The fourth-order valence-corrected chi connectivity index (χ4v) is 3.32. The summed E-state index contributed by atoms with van der Waals surface area (Å²) in [4.78, 5) is 38.4. The van der Waals surface area contributed by atoms with Gasteiger partial charge in [0.15, 0.2) is 0 Å². The number of carbonyl (C=O) groups excluding carboxylic acids is 1. The van der Waals surface area contributed by atoms with Crippen LogP contribution in [0.2, 0.25) is 0 Å². The molecule has 30 heavy (non-hydrogen) atoms. The molecule has 0 saturated carbocycles. The predicted molar refractivity (Wildman–Crippen MR) is 114 cm³/mol. The largest absolute Gasteiger partial charge is 0.353 e. The van der Waals surface area contributed by atoms with E-state index in [0.717, 1.165) is 22.9 Å².